The number of esters is 1. The summed E-state index contributed by atoms with van der Waals surface area (Å²) in [6, 6.07) is 17.0. The number of ether oxygens (including phenoxy) is 2. The molecule has 2 aliphatic heterocycles. The van der Waals surface area contributed by atoms with Gasteiger partial charge in [0.15, 0.2) is 5.60 Å². The van der Waals surface area contributed by atoms with E-state index < -0.39 is 19.3 Å². The molecular weight excluding hydrogens is 347 g/mol. The van der Waals surface area contributed by atoms with Crippen LogP contribution in [0.2, 0.25) is 0 Å². The maximum atomic E-state index is 12.6. The van der Waals surface area contributed by atoms with Crippen LogP contribution in [-0.4, -0.2) is 23.8 Å². The summed E-state index contributed by atoms with van der Waals surface area (Å²) in [6.45, 7) is 0. The van der Waals surface area contributed by atoms with Crippen LogP contribution in [0.4, 0.5) is 0 Å². The summed E-state index contributed by atoms with van der Waals surface area (Å²) in [5, 5.41) is 18.9. The number of phenols is 1. The number of carbonyl (C=O) groups is 1. The van der Waals surface area contributed by atoms with Gasteiger partial charge in [-0.25, -0.2) is 4.79 Å². The van der Waals surface area contributed by atoms with Gasteiger partial charge >= 0.3 is 13.7 Å². The summed E-state index contributed by atoms with van der Waals surface area (Å²) in [5.41, 5.74) is 1.29. The van der Waals surface area contributed by atoms with Gasteiger partial charge in [-0.15, -0.1) is 0 Å². The molecule has 132 valence electrons. The van der Waals surface area contributed by atoms with Crippen molar-refractivity contribution in [2.45, 2.75) is 5.60 Å². The van der Waals surface area contributed by atoms with Gasteiger partial charge < -0.3 is 24.3 Å². The summed E-state index contributed by atoms with van der Waals surface area (Å²) in [7, 11) is -0.473. The van der Waals surface area contributed by atoms with Crippen LogP contribution in [0.25, 0.3) is 0 Å². The Kier molecular flexibility index (Phi) is 3.23. The van der Waals surface area contributed by atoms with Crippen molar-refractivity contribution in [3.05, 3.63) is 82.9 Å². The Morgan fingerprint density at radius 1 is 0.926 bits per heavy atom. The number of carbonyl (C=O) groups excluding carboxylic acids is 1. The number of hydrogen-bond acceptors (Lipinski definition) is 6. The molecule has 7 heteroatoms. The zero-order valence-corrected chi connectivity index (χ0v) is 14.0. The average Bonchev–Trinajstić information content (AvgIpc) is 2.95. The van der Waals surface area contributed by atoms with Gasteiger partial charge in [0.1, 0.15) is 23.0 Å². The molecule has 0 aromatic heterocycles. The minimum absolute atomic E-state index is 0.0349. The fourth-order valence-electron chi connectivity index (χ4n) is 3.81. The third kappa shape index (κ3) is 2.09. The lowest BCUT2D eigenvalue weighted by molar-refractivity contribution is 0.0224. The van der Waals surface area contributed by atoms with E-state index >= 15 is 0 Å². The molecule has 5 rings (SSSR count). The van der Waals surface area contributed by atoms with E-state index in [1.165, 1.54) is 12.1 Å². The van der Waals surface area contributed by atoms with E-state index in [1.807, 2.05) is 12.1 Å². The summed E-state index contributed by atoms with van der Waals surface area (Å²) in [4.78, 5) is 12.6. The molecule has 1 atom stereocenters. The molecule has 0 amide bonds. The van der Waals surface area contributed by atoms with Crippen molar-refractivity contribution in [2.75, 3.05) is 0 Å². The highest BCUT2D eigenvalue weighted by molar-refractivity contribution is 6.17. The molecule has 0 fully saturated rings. The maximum absolute atomic E-state index is 12.6. The quantitative estimate of drug-likeness (QED) is 0.540. The molecule has 27 heavy (non-hydrogen) atoms. The Morgan fingerprint density at radius 3 is 2.48 bits per heavy atom. The van der Waals surface area contributed by atoms with Gasteiger partial charge in [-0.2, -0.15) is 0 Å². The standard InChI is InChI=1S/C20H13BO6/c22-11-5-7-15-17(9-11)25-18-10-12(27-21-24)6-8-16(18)20(15)14-4-2-1-3-13(14)19(23)26-20/h1-10,21-22,24H. The monoisotopic (exact) mass is 360 g/mol. The highest BCUT2D eigenvalue weighted by atomic mass is 16.6. The lowest BCUT2D eigenvalue weighted by Crippen LogP contribution is -2.32. The SMILES string of the molecule is O=C1OC2(c3ccc(O)cc3Oc3cc(OBO)ccc32)c2ccccc21. The third-order valence-electron chi connectivity index (χ3n) is 4.90. The molecule has 3 aromatic carbocycles. The fourth-order valence-corrected chi connectivity index (χ4v) is 3.81. The molecular formula is C20H13BO6. The van der Waals surface area contributed by atoms with Gasteiger partial charge in [0.25, 0.3) is 0 Å². The second-order valence-corrected chi connectivity index (χ2v) is 6.33. The van der Waals surface area contributed by atoms with Crippen LogP contribution >= 0.6 is 0 Å². The number of rotatable bonds is 2. The molecule has 2 heterocycles. The van der Waals surface area contributed by atoms with Crippen LogP contribution in [0, 0.1) is 0 Å². The number of fused-ring (bicyclic) bond motifs is 6. The van der Waals surface area contributed by atoms with Gasteiger partial charge in [0.2, 0.25) is 0 Å². The smallest absolute Gasteiger partial charge is 0.504 e. The highest BCUT2D eigenvalue weighted by Crippen LogP contribution is 2.56. The molecule has 2 N–H and O–H groups in total. The first-order chi connectivity index (χ1) is 13.1. The van der Waals surface area contributed by atoms with Crippen LogP contribution in [0.3, 0.4) is 0 Å². The van der Waals surface area contributed by atoms with E-state index in [-0.39, 0.29) is 5.75 Å². The largest absolute Gasteiger partial charge is 0.539 e. The molecule has 0 saturated carbocycles. The van der Waals surface area contributed by atoms with Crippen molar-refractivity contribution in [2.24, 2.45) is 0 Å². The van der Waals surface area contributed by atoms with Crippen LogP contribution in [0.1, 0.15) is 27.0 Å². The lowest BCUT2D eigenvalue weighted by atomic mass is 9.77. The van der Waals surface area contributed by atoms with Crippen LogP contribution in [-0.2, 0) is 10.3 Å². The van der Waals surface area contributed by atoms with E-state index in [1.54, 1.807) is 36.4 Å². The zero-order valence-electron chi connectivity index (χ0n) is 14.0. The molecule has 6 nitrogen and oxygen atoms in total. The number of benzene rings is 3. The first kappa shape index (κ1) is 15.8. The molecule has 3 aromatic rings. The Hall–Kier alpha value is -3.45. The number of hydrogen-bond donors (Lipinski definition) is 2. The first-order valence-corrected chi connectivity index (χ1v) is 8.36. The third-order valence-corrected chi connectivity index (χ3v) is 4.90. The van der Waals surface area contributed by atoms with E-state index in [0.717, 1.165) is 0 Å². The summed E-state index contributed by atoms with van der Waals surface area (Å²) in [5.74, 6) is 0.824. The van der Waals surface area contributed by atoms with E-state index in [0.29, 0.717) is 39.5 Å². The van der Waals surface area contributed by atoms with Gasteiger partial charge in [0, 0.05) is 28.8 Å². The average molecular weight is 360 g/mol. The summed E-state index contributed by atoms with van der Waals surface area (Å²) in [6.07, 6.45) is 0. The van der Waals surface area contributed by atoms with Gasteiger partial charge in [-0.1, -0.05) is 18.2 Å². The van der Waals surface area contributed by atoms with E-state index in [4.69, 9.17) is 19.2 Å². The van der Waals surface area contributed by atoms with Crippen molar-refractivity contribution in [1.82, 2.24) is 0 Å². The fraction of sp³-hybridized carbons (Fsp3) is 0.0500. The number of phenolic OH excluding ortho intramolecular Hbond substituents is 1. The second-order valence-electron chi connectivity index (χ2n) is 6.33. The van der Waals surface area contributed by atoms with Crippen molar-refractivity contribution >= 4 is 13.7 Å². The predicted octanol–water partition coefficient (Wildman–Crippen LogP) is 2.60. The summed E-state index contributed by atoms with van der Waals surface area (Å²) >= 11 is 0. The van der Waals surface area contributed by atoms with Crippen molar-refractivity contribution in [1.29, 1.82) is 0 Å². The van der Waals surface area contributed by atoms with Gasteiger partial charge in [-0.05, 0) is 30.3 Å². The Balaban J connectivity index is 1.84. The molecule has 0 bridgehead atoms. The predicted molar refractivity (Wildman–Crippen MR) is 96.4 cm³/mol. The number of aromatic hydroxyl groups is 1. The Labute approximate surface area is 154 Å². The van der Waals surface area contributed by atoms with Crippen molar-refractivity contribution in [3.63, 3.8) is 0 Å². The molecule has 1 spiro atoms. The molecule has 2 aliphatic rings. The van der Waals surface area contributed by atoms with Crippen LogP contribution in [0.15, 0.2) is 60.7 Å². The second kappa shape index (κ2) is 5.52. The first-order valence-electron chi connectivity index (χ1n) is 8.36. The Morgan fingerprint density at radius 2 is 1.67 bits per heavy atom. The van der Waals surface area contributed by atoms with Crippen LogP contribution < -0.4 is 9.39 Å². The molecule has 0 radical (unpaired) electrons. The van der Waals surface area contributed by atoms with Crippen molar-refractivity contribution < 1.29 is 29.1 Å². The topological polar surface area (TPSA) is 85.2 Å². The van der Waals surface area contributed by atoms with Gasteiger partial charge in [0.05, 0.1) is 5.56 Å². The van der Waals surface area contributed by atoms with Gasteiger partial charge in [-0.3, -0.25) is 0 Å². The van der Waals surface area contributed by atoms with Crippen molar-refractivity contribution in [3.8, 4) is 23.0 Å². The zero-order chi connectivity index (χ0) is 18.6. The highest BCUT2D eigenvalue weighted by Gasteiger charge is 2.53. The van der Waals surface area contributed by atoms with E-state index in [2.05, 4.69) is 0 Å². The lowest BCUT2D eigenvalue weighted by Gasteiger charge is -2.36. The Bertz CT molecular complexity index is 1100. The molecule has 0 aliphatic carbocycles. The molecule has 0 saturated heterocycles. The summed E-state index contributed by atoms with van der Waals surface area (Å²) < 4.78 is 17.1. The minimum atomic E-state index is -1.18. The molecule has 1 unspecified atom stereocenters. The maximum Gasteiger partial charge on any atom is 0.504 e. The normalized spacial score (nSPS) is 18.8. The minimum Gasteiger partial charge on any atom is -0.539 e. The van der Waals surface area contributed by atoms with E-state index in [9.17, 15) is 9.90 Å². The van der Waals surface area contributed by atoms with Crippen LogP contribution in [0.5, 0.6) is 23.0 Å².